The fraction of sp³-hybridized carbons (Fsp3) is 0.556. The van der Waals surface area contributed by atoms with Gasteiger partial charge in [0.1, 0.15) is 11.5 Å². The van der Waals surface area contributed by atoms with Crippen LogP contribution >= 0.6 is 0 Å². The first-order chi connectivity index (χ1) is 15.3. The highest BCUT2D eigenvalue weighted by molar-refractivity contribution is 5.47. The van der Waals surface area contributed by atoms with Gasteiger partial charge in [-0.25, -0.2) is 0 Å². The van der Waals surface area contributed by atoms with E-state index in [1.165, 1.54) is 75.0 Å². The van der Waals surface area contributed by atoms with E-state index >= 15 is 0 Å². The molecule has 0 bridgehead atoms. The maximum Gasteiger partial charge on any atom is 0.119 e. The van der Waals surface area contributed by atoms with Crippen molar-refractivity contribution in [1.82, 2.24) is 9.80 Å². The number of hydrogen-bond donors (Lipinski definition) is 0. The van der Waals surface area contributed by atoms with Crippen molar-refractivity contribution < 1.29 is 9.47 Å². The fourth-order valence-corrected chi connectivity index (χ4v) is 5.76. The van der Waals surface area contributed by atoms with Crippen LogP contribution in [0.4, 0.5) is 0 Å². The normalized spacial score (nSPS) is 23.9. The van der Waals surface area contributed by atoms with Crippen LogP contribution in [0.2, 0.25) is 0 Å². The Labute approximate surface area is 187 Å². The second-order valence-electron chi connectivity index (χ2n) is 9.37. The fourth-order valence-electron chi connectivity index (χ4n) is 5.76. The molecule has 0 radical (unpaired) electrons. The maximum atomic E-state index is 6.22. The van der Waals surface area contributed by atoms with E-state index in [4.69, 9.17) is 9.47 Å². The lowest BCUT2D eigenvalue weighted by molar-refractivity contribution is 0.204. The first kappa shape index (κ1) is 20.8. The largest absolute Gasteiger partial charge is 0.497 e. The van der Waals surface area contributed by atoms with Crippen molar-refractivity contribution in [2.75, 3.05) is 46.4 Å². The Morgan fingerprint density at radius 1 is 0.871 bits per heavy atom. The Kier molecular flexibility index (Phi) is 6.47. The molecular formula is C27H36N2O2. The van der Waals surface area contributed by atoms with Crippen LogP contribution < -0.4 is 9.47 Å². The highest BCUT2D eigenvalue weighted by atomic mass is 16.5. The second kappa shape index (κ2) is 9.62. The van der Waals surface area contributed by atoms with Crippen molar-refractivity contribution in [3.05, 3.63) is 59.2 Å². The average Bonchev–Trinajstić information content (AvgIpc) is 3.31. The van der Waals surface area contributed by atoms with Gasteiger partial charge in [0.15, 0.2) is 0 Å². The van der Waals surface area contributed by atoms with Gasteiger partial charge in [0.05, 0.1) is 13.7 Å². The highest BCUT2D eigenvalue weighted by Crippen LogP contribution is 2.45. The molecule has 0 aliphatic carbocycles. The number of methoxy groups -OCH3 is 1. The summed E-state index contributed by atoms with van der Waals surface area (Å²) in [6, 6.07) is 16.1. The van der Waals surface area contributed by atoms with Crippen LogP contribution in [0.3, 0.4) is 0 Å². The zero-order valence-electron chi connectivity index (χ0n) is 18.9. The van der Waals surface area contributed by atoms with Crippen molar-refractivity contribution in [1.29, 1.82) is 0 Å². The molecule has 0 saturated carbocycles. The molecule has 2 atom stereocenters. The monoisotopic (exact) mass is 420 g/mol. The molecule has 31 heavy (non-hydrogen) atoms. The summed E-state index contributed by atoms with van der Waals surface area (Å²) in [4.78, 5) is 5.27. The van der Waals surface area contributed by atoms with Crippen LogP contribution in [0.15, 0.2) is 42.5 Å². The van der Waals surface area contributed by atoms with Gasteiger partial charge in [0, 0.05) is 25.0 Å². The number of ether oxygens (including phenoxy) is 2. The van der Waals surface area contributed by atoms with Crippen LogP contribution in [0.1, 0.15) is 67.2 Å². The van der Waals surface area contributed by atoms with Gasteiger partial charge in [-0.1, -0.05) is 24.6 Å². The topological polar surface area (TPSA) is 24.9 Å². The number of piperidine rings is 1. The van der Waals surface area contributed by atoms with Crippen LogP contribution in [0, 0.1) is 0 Å². The van der Waals surface area contributed by atoms with Crippen molar-refractivity contribution in [3.63, 3.8) is 0 Å². The molecule has 0 aromatic heterocycles. The molecule has 4 nitrogen and oxygen atoms in total. The number of rotatable bonds is 7. The van der Waals surface area contributed by atoms with Crippen LogP contribution in [-0.4, -0.2) is 56.2 Å². The molecule has 3 aliphatic rings. The van der Waals surface area contributed by atoms with Crippen molar-refractivity contribution in [2.24, 2.45) is 0 Å². The van der Waals surface area contributed by atoms with E-state index in [0.29, 0.717) is 12.0 Å². The average molecular weight is 421 g/mol. The van der Waals surface area contributed by atoms with E-state index in [0.717, 1.165) is 31.1 Å². The molecule has 0 spiro atoms. The second-order valence-corrected chi connectivity index (χ2v) is 9.37. The molecule has 166 valence electrons. The van der Waals surface area contributed by atoms with E-state index in [-0.39, 0.29) is 0 Å². The van der Waals surface area contributed by atoms with E-state index in [1.807, 2.05) is 0 Å². The summed E-state index contributed by atoms with van der Waals surface area (Å²) in [5, 5.41) is 0. The number of benzene rings is 2. The Hall–Kier alpha value is -2.04. The lowest BCUT2D eigenvalue weighted by Gasteiger charge is -2.37. The summed E-state index contributed by atoms with van der Waals surface area (Å²) in [6.07, 6.45) is 7.79. The number of likely N-dealkylation sites (tertiary alicyclic amines) is 1. The number of nitrogens with zero attached hydrogens (tertiary/aromatic N) is 2. The smallest absolute Gasteiger partial charge is 0.119 e. The van der Waals surface area contributed by atoms with E-state index in [2.05, 4.69) is 52.3 Å². The molecule has 0 N–H and O–H groups in total. The van der Waals surface area contributed by atoms with E-state index in [9.17, 15) is 0 Å². The molecule has 2 aromatic carbocycles. The molecule has 2 fully saturated rings. The molecular weight excluding hydrogens is 384 g/mol. The molecule has 0 amide bonds. The molecule has 2 aromatic rings. The third-order valence-corrected chi connectivity index (χ3v) is 7.43. The van der Waals surface area contributed by atoms with Crippen LogP contribution in [-0.2, 0) is 0 Å². The summed E-state index contributed by atoms with van der Waals surface area (Å²) in [6.45, 7) is 6.83. The Bertz CT molecular complexity index is 860. The summed E-state index contributed by atoms with van der Waals surface area (Å²) in [5.41, 5.74) is 4.34. The lowest BCUT2D eigenvalue weighted by Crippen LogP contribution is -2.34. The molecule has 4 heteroatoms. The van der Waals surface area contributed by atoms with Gasteiger partial charge >= 0.3 is 0 Å². The van der Waals surface area contributed by atoms with E-state index < -0.39 is 0 Å². The van der Waals surface area contributed by atoms with Crippen molar-refractivity contribution >= 4 is 0 Å². The van der Waals surface area contributed by atoms with Gasteiger partial charge in [0.25, 0.3) is 0 Å². The van der Waals surface area contributed by atoms with Gasteiger partial charge in [-0.05, 0) is 92.7 Å². The quantitative estimate of drug-likeness (QED) is 0.573. The molecule has 5 rings (SSSR count). The molecule has 3 heterocycles. The summed E-state index contributed by atoms with van der Waals surface area (Å²) in [7, 11) is 1.73. The SMILES string of the molecule is COc1ccc([C@@H]2CN3CCC[C@H]3c3cc(OCCCN4CCCCC4)ccc32)cc1. The van der Waals surface area contributed by atoms with Gasteiger partial charge in [-0.3, -0.25) is 4.90 Å². The zero-order valence-corrected chi connectivity index (χ0v) is 18.9. The van der Waals surface area contributed by atoms with Crippen molar-refractivity contribution in [2.45, 2.75) is 50.5 Å². The maximum absolute atomic E-state index is 6.22. The van der Waals surface area contributed by atoms with Gasteiger partial charge < -0.3 is 14.4 Å². The minimum atomic E-state index is 0.420. The predicted octanol–water partition coefficient (Wildman–Crippen LogP) is 5.23. The van der Waals surface area contributed by atoms with Crippen LogP contribution in [0.25, 0.3) is 0 Å². The summed E-state index contributed by atoms with van der Waals surface area (Å²) in [5.74, 6) is 2.38. The van der Waals surface area contributed by atoms with Crippen molar-refractivity contribution in [3.8, 4) is 11.5 Å². The Morgan fingerprint density at radius 2 is 1.68 bits per heavy atom. The Balaban J connectivity index is 1.29. The summed E-state index contributed by atoms with van der Waals surface area (Å²) >= 11 is 0. The molecule has 3 aliphatic heterocycles. The minimum absolute atomic E-state index is 0.420. The first-order valence-electron chi connectivity index (χ1n) is 12.2. The zero-order chi connectivity index (χ0) is 21.0. The predicted molar refractivity (Wildman–Crippen MR) is 125 cm³/mol. The lowest BCUT2D eigenvalue weighted by atomic mass is 9.81. The third-order valence-electron chi connectivity index (χ3n) is 7.43. The molecule has 2 saturated heterocycles. The van der Waals surface area contributed by atoms with E-state index in [1.54, 1.807) is 7.11 Å². The Morgan fingerprint density at radius 3 is 2.48 bits per heavy atom. The molecule has 0 unspecified atom stereocenters. The van der Waals surface area contributed by atoms with Crippen LogP contribution in [0.5, 0.6) is 11.5 Å². The summed E-state index contributed by atoms with van der Waals surface area (Å²) < 4.78 is 11.6. The minimum Gasteiger partial charge on any atom is -0.497 e. The van der Waals surface area contributed by atoms with Gasteiger partial charge in [-0.15, -0.1) is 0 Å². The van der Waals surface area contributed by atoms with Gasteiger partial charge in [-0.2, -0.15) is 0 Å². The third kappa shape index (κ3) is 4.61. The van der Waals surface area contributed by atoms with Gasteiger partial charge in [0.2, 0.25) is 0 Å². The number of fused-ring (bicyclic) bond motifs is 3. The number of hydrogen-bond acceptors (Lipinski definition) is 4. The first-order valence-corrected chi connectivity index (χ1v) is 12.2. The highest BCUT2D eigenvalue weighted by Gasteiger charge is 2.36. The standard InChI is InChI=1S/C27H36N2O2/c1-30-22-10-8-21(9-11-22)26-20-29-17-5-7-27(29)25-19-23(12-13-24(25)26)31-18-6-16-28-14-3-2-4-15-28/h8-13,19,26-27H,2-7,14-18,20H2,1H3/t26-,27-/m0/s1.